The second-order valence-electron chi connectivity index (χ2n) is 5.37. The molecule has 2 N–H and O–H groups in total. The highest BCUT2D eigenvalue weighted by Crippen LogP contribution is 2.15. The Hall–Kier alpha value is -3.32. The van der Waals surface area contributed by atoms with Crippen molar-refractivity contribution in [3.8, 4) is 0 Å². The number of nitrogens with zero attached hydrogens (tertiary/aromatic N) is 2. The van der Waals surface area contributed by atoms with Crippen LogP contribution in [0.4, 0.5) is 5.69 Å². The predicted octanol–water partition coefficient (Wildman–Crippen LogP) is 3.55. The number of carbonyl (C=O) groups excluding carboxylic acids is 2. The molecular formula is C19H16N4O2S. The fraction of sp³-hybridized carbons (Fsp3) is 0.0526. The van der Waals surface area contributed by atoms with Crippen LogP contribution in [0.25, 0.3) is 0 Å². The zero-order valence-electron chi connectivity index (χ0n) is 14.0. The van der Waals surface area contributed by atoms with E-state index in [0.717, 1.165) is 5.56 Å². The summed E-state index contributed by atoms with van der Waals surface area (Å²) in [6.07, 6.45) is 1.55. The van der Waals surface area contributed by atoms with Crippen LogP contribution < -0.4 is 10.7 Å². The zero-order chi connectivity index (χ0) is 18.4. The van der Waals surface area contributed by atoms with Crippen molar-refractivity contribution in [1.82, 2.24) is 10.4 Å². The van der Waals surface area contributed by atoms with Crippen LogP contribution in [0.15, 0.2) is 71.3 Å². The molecule has 6 nitrogen and oxygen atoms in total. The van der Waals surface area contributed by atoms with Crippen LogP contribution in [-0.2, 0) is 0 Å². The summed E-state index contributed by atoms with van der Waals surface area (Å²) in [6.45, 7) is 1.78. The van der Waals surface area contributed by atoms with Crippen molar-refractivity contribution in [2.24, 2.45) is 5.10 Å². The maximum absolute atomic E-state index is 12.1. The molecule has 2 amide bonds. The van der Waals surface area contributed by atoms with Gasteiger partial charge in [-0.05, 0) is 48.2 Å². The summed E-state index contributed by atoms with van der Waals surface area (Å²) in [7, 11) is 0. The minimum Gasteiger partial charge on any atom is -0.321 e. The molecule has 0 spiro atoms. The van der Waals surface area contributed by atoms with Crippen molar-refractivity contribution in [3.05, 3.63) is 82.3 Å². The lowest BCUT2D eigenvalue weighted by molar-refractivity contribution is 0.0949. The average Bonchev–Trinajstić information content (AvgIpc) is 3.22. The number of hydrazone groups is 1. The van der Waals surface area contributed by atoms with Crippen LogP contribution in [0, 0.1) is 0 Å². The molecule has 26 heavy (non-hydrogen) atoms. The van der Waals surface area contributed by atoms with Crippen LogP contribution in [0.5, 0.6) is 0 Å². The molecule has 0 fully saturated rings. The van der Waals surface area contributed by atoms with Crippen LogP contribution in [0.2, 0.25) is 0 Å². The number of hydrogen-bond donors (Lipinski definition) is 2. The Morgan fingerprint density at radius 2 is 1.92 bits per heavy atom. The van der Waals surface area contributed by atoms with Gasteiger partial charge in [-0.15, -0.1) is 11.3 Å². The van der Waals surface area contributed by atoms with E-state index in [9.17, 15) is 9.59 Å². The third-order valence-electron chi connectivity index (χ3n) is 3.51. The second-order valence-corrected chi connectivity index (χ2v) is 6.31. The summed E-state index contributed by atoms with van der Waals surface area (Å²) < 4.78 is 0. The van der Waals surface area contributed by atoms with E-state index in [-0.39, 0.29) is 11.8 Å². The number of amides is 2. The van der Waals surface area contributed by atoms with Crippen molar-refractivity contribution in [1.29, 1.82) is 0 Å². The van der Waals surface area contributed by atoms with E-state index in [2.05, 4.69) is 20.8 Å². The van der Waals surface area contributed by atoms with Gasteiger partial charge in [0.1, 0.15) is 5.69 Å². The molecule has 1 aromatic carbocycles. The van der Waals surface area contributed by atoms with Crippen molar-refractivity contribution >= 4 is 34.6 Å². The van der Waals surface area contributed by atoms with E-state index in [1.807, 2.05) is 23.6 Å². The quantitative estimate of drug-likeness (QED) is 0.536. The predicted molar refractivity (Wildman–Crippen MR) is 103 cm³/mol. The fourth-order valence-electron chi connectivity index (χ4n) is 2.18. The van der Waals surface area contributed by atoms with Crippen molar-refractivity contribution in [2.45, 2.75) is 6.92 Å². The highest BCUT2D eigenvalue weighted by molar-refractivity contribution is 7.12. The highest BCUT2D eigenvalue weighted by atomic mass is 32.1. The molecule has 0 bridgehead atoms. The second kappa shape index (κ2) is 8.17. The number of thiophene rings is 1. The van der Waals surface area contributed by atoms with Gasteiger partial charge in [0.2, 0.25) is 0 Å². The monoisotopic (exact) mass is 364 g/mol. The molecule has 0 aliphatic rings. The van der Waals surface area contributed by atoms with Gasteiger partial charge < -0.3 is 5.32 Å². The molecule has 0 aliphatic heterocycles. The first kappa shape index (κ1) is 17.5. The third kappa shape index (κ3) is 4.40. The number of hydrogen-bond acceptors (Lipinski definition) is 5. The molecule has 0 atom stereocenters. The first-order chi connectivity index (χ1) is 12.6. The molecule has 7 heteroatoms. The smallest absolute Gasteiger partial charge is 0.289 e. The molecule has 2 aromatic heterocycles. The van der Waals surface area contributed by atoms with E-state index < -0.39 is 0 Å². The van der Waals surface area contributed by atoms with E-state index in [1.54, 1.807) is 49.5 Å². The number of carbonyl (C=O) groups is 2. The maximum atomic E-state index is 12.1. The first-order valence-corrected chi connectivity index (χ1v) is 8.72. The van der Waals surface area contributed by atoms with Crippen LogP contribution >= 0.6 is 11.3 Å². The first-order valence-electron chi connectivity index (χ1n) is 7.84. The summed E-state index contributed by atoms with van der Waals surface area (Å²) in [5.74, 6) is -0.540. The standard InChI is InChI=1S/C19H16N4O2S/c1-13(22-23-18(24)16-8-2-3-10-20-16)14-6-4-7-15(12-14)21-19(25)17-9-5-11-26-17/h2-12H,1H3,(H,21,25)(H,23,24). The van der Waals surface area contributed by atoms with Crippen LogP contribution in [0.1, 0.15) is 32.6 Å². The minimum atomic E-state index is -0.382. The lowest BCUT2D eigenvalue weighted by atomic mass is 10.1. The Morgan fingerprint density at radius 3 is 2.65 bits per heavy atom. The molecule has 3 rings (SSSR count). The normalized spacial score (nSPS) is 11.0. The van der Waals surface area contributed by atoms with Gasteiger partial charge in [-0.3, -0.25) is 14.6 Å². The van der Waals surface area contributed by atoms with Gasteiger partial charge >= 0.3 is 0 Å². The Labute approximate surface area is 154 Å². The van der Waals surface area contributed by atoms with Crippen molar-refractivity contribution in [3.63, 3.8) is 0 Å². The molecule has 0 saturated heterocycles. The number of rotatable bonds is 5. The molecule has 3 aromatic rings. The average molecular weight is 364 g/mol. The van der Waals surface area contributed by atoms with Gasteiger partial charge in [-0.25, -0.2) is 5.43 Å². The molecule has 0 saturated carbocycles. The summed E-state index contributed by atoms with van der Waals surface area (Å²) in [5, 5.41) is 8.81. The Bertz CT molecular complexity index is 937. The Balaban J connectivity index is 1.68. The zero-order valence-corrected chi connectivity index (χ0v) is 14.8. The van der Waals surface area contributed by atoms with Crippen molar-refractivity contribution in [2.75, 3.05) is 5.32 Å². The lowest BCUT2D eigenvalue weighted by Gasteiger charge is -2.07. The molecule has 0 radical (unpaired) electrons. The van der Waals surface area contributed by atoms with Gasteiger partial charge in [-0.2, -0.15) is 5.10 Å². The van der Waals surface area contributed by atoms with E-state index >= 15 is 0 Å². The fourth-order valence-corrected chi connectivity index (χ4v) is 2.79. The van der Waals surface area contributed by atoms with Crippen LogP contribution in [0.3, 0.4) is 0 Å². The van der Waals surface area contributed by atoms with Gasteiger partial charge in [0.25, 0.3) is 11.8 Å². The summed E-state index contributed by atoms with van der Waals surface area (Å²) in [5.41, 5.74) is 4.83. The summed E-state index contributed by atoms with van der Waals surface area (Å²) >= 11 is 1.38. The maximum Gasteiger partial charge on any atom is 0.289 e. The van der Waals surface area contributed by atoms with Gasteiger partial charge in [-0.1, -0.05) is 24.3 Å². The van der Waals surface area contributed by atoms with E-state index in [1.165, 1.54) is 11.3 Å². The topological polar surface area (TPSA) is 83.4 Å². The van der Waals surface area contributed by atoms with Gasteiger partial charge in [0.05, 0.1) is 10.6 Å². The Kier molecular flexibility index (Phi) is 5.50. The summed E-state index contributed by atoms with van der Waals surface area (Å²) in [4.78, 5) is 28.7. The number of pyridine rings is 1. The van der Waals surface area contributed by atoms with Gasteiger partial charge in [0.15, 0.2) is 0 Å². The van der Waals surface area contributed by atoms with E-state index in [4.69, 9.17) is 0 Å². The Morgan fingerprint density at radius 1 is 1.04 bits per heavy atom. The van der Waals surface area contributed by atoms with Crippen molar-refractivity contribution < 1.29 is 9.59 Å². The SMILES string of the molecule is CC(=NNC(=O)c1ccccn1)c1cccc(NC(=O)c2cccs2)c1. The lowest BCUT2D eigenvalue weighted by Crippen LogP contribution is -2.20. The largest absolute Gasteiger partial charge is 0.321 e. The third-order valence-corrected chi connectivity index (χ3v) is 4.37. The molecular weight excluding hydrogens is 348 g/mol. The highest BCUT2D eigenvalue weighted by Gasteiger charge is 2.08. The molecule has 2 heterocycles. The number of benzene rings is 1. The number of anilines is 1. The number of nitrogens with one attached hydrogen (secondary N) is 2. The van der Waals surface area contributed by atoms with E-state index in [0.29, 0.717) is 22.0 Å². The molecule has 0 unspecified atom stereocenters. The minimum absolute atomic E-state index is 0.157. The number of aromatic nitrogens is 1. The molecule has 130 valence electrons. The molecule has 0 aliphatic carbocycles. The van der Waals surface area contributed by atoms with Crippen LogP contribution in [-0.4, -0.2) is 22.5 Å². The summed E-state index contributed by atoms with van der Waals surface area (Å²) in [6, 6.07) is 16.0. The van der Waals surface area contributed by atoms with Gasteiger partial charge in [0, 0.05) is 11.9 Å².